The number of furan rings is 1. The lowest BCUT2D eigenvalue weighted by atomic mass is 10.2. The molecule has 0 aliphatic rings. The average Bonchev–Trinajstić information content (AvgIpc) is 2.78. The summed E-state index contributed by atoms with van der Waals surface area (Å²) in [5, 5.41) is 3.84. The van der Waals surface area contributed by atoms with Crippen molar-refractivity contribution in [2.75, 3.05) is 6.54 Å². The quantitative estimate of drug-likeness (QED) is 0.664. The normalized spacial score (nSPS) is 11.3. The third kappa shape index (κ3) is 3.96. The largest absolute Gasteiger partial charge is 0.457 e. The third-order valence-electron chi connectivity index (χ3n) is 2.73. The minimum absolute atomic E-state index is 0.0879. The smallest absolute Gasteiger partial charge is 0.244 e. The van der Waals surface area contributed by atoms with E-state index in [0.29, 0.717) is 12.3 Å². The van der Waals surface area contributed by atoms with Gasteiger partial charge < -0.3 is 9.73 Å². The lowest BCUT2D eigenvalue weighted by Gasteiger charge is -1.98. The standard InChI is InChI=1S/C15H16BrNO2/c1-2-3-8-17-15(18)7-5-13-10-11-9-12(16)4-6-14(11)19-13/h4-7,9-10H,2-3,8H2,1H3,(H,17,18). The Hall–Kier alpha value is -1.55. The minimum atomic E-state index is -0.0879. The Morgan fingerprint density at radius 2 is 2.26 bits per heavy atom. The molecule has 2 aromatic rings. The van der Waals surface area contributed by atoms with E-state index in [1.807, 2.05) is 24.3 Å². The Bertz CT molecular complexity index is 601. The van der Waals surface area contributed by atoms with Crippen LogP contribution in [0, 0.1) is 0 Å². The number of amides is 1. The first kappa shape index (κ1) is 13.9. The number of benzene rings is 1. The topological polar surface area (TPSA) is 42.2 Å². The van der Waals surface area contributed by atoms with Crippen LogP contribution in [0.4, 0.5) is 0 Å². The Morgan fingerprint density at radius 1 is 1.42 bits per heavy atom. The molecule has 0 radical (unpaired) electrons. The van der Waals surface area contributed by atoms with E-state index in [0.717, 1.165) is 28.3 Å². The second-order valence-electron chi connectivity index (χ2n) is 4.31. The number of carbonyl (C=O) groups excluding carboxylic acids is 1. The van der Waals surface area contributed by atoms with Crippen molar-refractivity contribution in [3.8, 4) is 0 Å². The molecule has 4 heteroatoms. The van der Waals surface area contributed by atoms with E-state index in [2.05, 4.69) is 28.2 Å². The Labute approximate surface area is 120 Å². The number of fused-ring (bicyclic) bond motifs is 1. The van der Waals surface area contributed by atoms with Gasteiger partial charge in [0.1, 0.15) is 11.3 Å². The molecule has 0 spiro atoms. The van der Waals surface area contributed by atoms with Crippen molar-refractivity contribution in [3.63, 3.8) is 0 Å². The molecule has 0 aliphatic carbocycles. The van der Waals surface area contributed by atoms with Gasteiger partial charge in [-0.25, -0.2) is 0 Å². The van der Waals surface area contributed by atoms with Gasteiger partial charge in [0, 0.05) is 22.5 Å². The first-order chi connectivity index (χ1) is 9.19. The van der Waals surface area contributed by atoms with Crippen LogP contribution in [0.2, 0.25) is 0 Å². The molecule has 0 unspecified atom stereocenters. The van der Waals surface area contributed by atoms with Crippen molar-refractivity contribution in [2.45, 2.75) is 19.8 Å². The fourth-order valence-corrected chi connectivity index (χ4v) is 2.10. The van der Waals surface area contributed by atoms with Crippen LogP contribution in [-0.2, 0) is 4.79 Å². The summed E-state index contributed by atoms with van der Waals surface area (Å²) in [4.78, 5) is 11.5. The van der Waals surface area contributed by atoms with Gasteiger partial charge in [0.05, 0.1) is 0 Å². The lowest BCUT2D eigenvalue weighted by molar-refractivity contribution is -0.116. The van der Waals surface area contributed by atoms with Crippen LogP contribution < -0.4 is 5.32 Å². The number of nitrogens with one attached hydrogen (secondary N) is 1. The number of hydrogen-bond donors (Lipinski definition) is 1. The molecule has 0 saturated carbocycles. The molecule has 19 heavy (non-hydrogen) atoms. The van der Waals surface area contributed by atoms with E-state index in [-0.39, 0.29) is 5.91 Å². The van der Waals surface area contributed by atoms with Crippen molar-refractivity contribution in [3.05, 3.63) is 40.6 Å². The van der Waals surface area contributed by atoms with Gasteiger partial charge >= 0.3 is 0 Å². The maximum Gasteiger partial charge on any atom is 0.244 e. The molecular weight excluding hydrogens is 306 g/mol. The molecule has 1 heterocycles. The van der Waals surface area contributed by atoms with Crippen molar-refractivity contribution in [2.24, 2.45) is 0 Å². The fourth-order valence-electron chi connectivity index (χ4n) is 1.72. The molecular formula is C15H16BrNO2. The van der Waals surface area contributed by atoms with Gasteiger partial charge in [0.2, 0.25) is 5.91 Å². The van der Waals surface area contributed by atoms with Gasteiger partial charge in [0.15, 0.2) is 0 Å². The van der Waals surface area contributed by atoms with E-state index < -0.39 is 0 Å². The number of carbonyl (C=O) groups is 1. The number of unbranched alkanes of at least 4 members (excludes halogenated alkanes) is 1. The van der Waals surface area contributed by atoms with Crippen molar-refractivity contribution in [1.29, 1.82) is 0 Å². The highest BCUT2D eigenvalue weighted by atomic mass is 79.9. The molecule has 1 N–H and O–H groups in total. The molecule has 0 aliphatic heterocycles. The predicted octanol–water partition coefficient (Wildman–Crippen LogP) is 4.12. The van der Waals surface area contributed by atoms with Crippen LogP contribution in [0.3, 0.4) is 0 Å². The predicted molar refractivity (Wildman–Crippen MR) is 80.9 cm³/mol. The Morgan fingerprint density at radius 3 is 3.05 bits per heavy atom. The summed E-state index contributed by atoms with van der Waals surface area (Å²) < 4.78 is 6.62. The van der Waals surface area contributed by atoms with E-state index in [1.165, 1.54) is 6.08 Å². The molecule has 0 saturated heterocycles. The number of hydrogen-bond acceptors (Lipinski definition) is 2. The summed E-state index contributed by atoms with van der Waals surface area (Å²) in [6, 6.07) is 7.72. The minimum Gasteiger partial charge on any atom is -0.457 e. The van der Waals surface area contributed by atoms with Crippen LogP contribution in [0.25, 0.3) is 17.0 Å². The highest BCUT2D eigenvalue weighted by Crippen LogP contribution is 2.23. The molecule has 0 atom stereocenters. The lowest BCUT2D eigenvalue weighted by Crippen LogP contribution is -2.21. The van der Waals surface area contributed by atoms with Gasteiger partial charge in [-0.2, -0.15) is 0 Å². The van der Waals surface area contributed by atoms with E-state index in [9.17, 15) is 4.79 Å². The van der Waals surface area contributed by atoms with Gasteiger partial charge in [0.25, 0.3) is 0 Å². The summed E-state index contributed by atoms with van der Waals surface area (Å²) in [6.07, 6.45) is 5.26. The summed E-state index contributed by atoms with van der Waals surface area (Å²) in [5.74, 6) is 0.592. The summed E-state index contributed by atoms with van der Waals surface area (Å²) >= 11 is 3.42. The summed E-state index contributed by atoms with van der Waals surface area (Å²) in [7, 11) is 0. The van der Waals surface area contributed by atoms with Crippen LogP contribution in [-0.4, -0.2) is 12.5 Å². The first-order valence-electron chi connectivity index (χ1n) is 6.34. The zero-order valence-corrected chi connectivity index (χ0v) is 12.4. The average molecular weight is 322 g/mol. The second kappa shape index (κ2) is 6.57. The molecule has 1 aromatic carbocycles. The van der Waals surface area contributed by atoms with Crippen LogP contribution in [0.5, 0.6) is 0 Å². The molecule has 3 nitrogen and oxygen atoms in total. The highest BCUT2D eigenvalue weighted by molar-refractivity contribution is 9.10. The number of halogens is 1. The number of rotatable bonds is 5. The van der Waals surface area contributed by atoms with Gasteiger partial charge in [-0.1, -0.05) is 29.3 Å². The maximum absolute atomic E-state index is 11.5. The summed E-state index contributed by atoms with van der Waals surface area (Å²) in [5.41, 5.74) is 0.814. The fraction of sp³-hybridized carbons (Fsp3) is 0.267. The van der Waals surface area contributed by atoms with E-state index in [1.54, 1.807) is 6.08 Å². The van der Waals surface area contributed by atoms with Crippen molar-refractivity contribution >= 4 is 38.9 Å². The van der Waals surface area contributed by atoms with Crippen LogP contribution in [0.15, 0.2) is 39.2 Å². The Kier molecular flexibility index (Phi) is 4.80. The SMILES string of the molecule is CCCCNC(=O)C=Cc1cc2cc(Br)ccc2o1. The Balaban J connectivity index is 2.02. The van der Waals surface area contributed by atoms with Crippen molar-refractivity contribution in [1.82, 2.24) is 5.32 Å². The molecule has 1 aromatic heterocycles. The monoisotopic (exact) mass is 321 g/mol. The first-order valence-corrected chi connectivity index (χ1v) is 7.13. The molecule has 0 fully saturated rings. The van der Waals surface area contributed by atoms with Crippen LogP contribution >= 0.6 is 15.9 Å². The zero-order valence-electron chi connectivity index (χ0n) is 10.8. The maximum atomic E-state index is 11.5. The molecule has 1 amide bonds. The van der Waals surface area contributed by atoms with Crippen molar-refractivity contribution < 1.29 is 9.21 Å². The van der Waals surface area contributed by atoms with Gasteiger partial charge in [-0.05, 0) is 36.8 Å². The van der Waals surface area contributed by atoms with E-state index in [4.69, 9.17) is 4.42 Å². The van der Waals surface area contributed by atoms with Gasteiger partial charge in [-0.3, -0.25) is 4.79 Å². The molecule has 0 bridgehead atoms. The molecule has 2 rings (SSSR count). The zero-order chi connectivity index (χ0) is 13.7. The summed E-state index contributed by atoms with van der Waals surface area (Å²) in [6.45, 7) is 2.81. The third-order valence-corrected chi connectivity index (χ3v) is 3.22. The highest BCUT2D eigenvalue weighted by Gasteiger charge is 2.02. The van der Waals surface area contributed by atoms with Gasteiger partial charge in [-0.15, -0.1) is 0 Å². The second-order valence-corrected chi connectivity index (χ2v) is 5.22. The van der Waals surface area contributed by atoms with E-state index >= 15 is 0 Å². The van der Waals surface area contributed by atoms with Crippen LogP contribution in [0.1, 0.15) is 25.5 Å². The molecule has 100 valence electrons.